The molecule has 3 aliphatic rings. The Balaban J connectivity index is 1.70. The highest BCUT2D eigenvalue weighted by molar-refractivity contribution is 6.24. The number of rotatable bonds is 2. The van der Waals surface area contributed by atoms with Gasteiger partial charge in [0.15, 0.2) is 12.1 Å². The van der Waals surface area contributed by atoms with E-state index in [1.807, 2.05) is 0 Å². The predicted molar refractivity (Wildman–Crippen MR) is 73.2 cm³/mol. The molecule has 118 valence electrons. The second-order valence-electron chi connectivity index (χ2n) is 5.63. The molecule has 0 saturated carbocycles. The van der Waals surface area contributed by atoms with Crippen LogP contribution in [0.2, 0.25) is 0 Å². The zero-order chi connectivity index (χ0) is 16.3. The zero-order valence-electron chi connectivity index (χ0n) is 11.8. The summed E-state index contributed by atoms with van der Waals surface area (Å²) >= 11 is 0. The minimum atomic E-state index is -1.20. The number of cyclic esters (lactones) is 1. The number of carbonyl (C=O) groups excluding carboxylic acids is 4. The lowest BCUT2D eigenvalue weighted by molar-refractivity contribution is -0.193. The van der Waals surface area contributed by atoms with Gasteiger partial charge in [-0.1, -0.05) is 12.1 Å². The Hall–Kier alpha value is -2.74. The number of aliphatic hydroxyl groups excluding tert-OH is 1. The standard InChI is InChI=1S/C15H12N2O6/c18-5-7-6-23-15(22)11-10(14(21)16(7)11)17-12(19)8-3-1-2-4-9(8)13(17)20/h1-4,7,10-11,18H,5-6H2/t7-,10-,11-/m0/s1. The number of imide groups is 1. The molecule has 3 aliphatic heterocycles. The number of hydrogen-bond donors (Lipinski definition) is 1. The van der Waals surface area contributed by atoms with Gasteiger partial charge in [-0.2, -0.15) is 0 Å². The van der Waals surface area contributed by atoms with Crippen molar-refractivity contribution in [3.05, 3.63) is 35.4 Å². The molecule has 1 N–H and O–H groups in total. The van der Waals surface area contributed by atoms with E-state index >= 15 is 0 Å². The number of morpholine rings is 1. The van der Waals surface area contributed by atoms with E-state index in [1.54, 1.807) is 12.1 Å². The average molecular weight is 316 g/mol. The molecule has 23 heavy (non-hydrogen) atoms. The minimum Gasteiger partial charge on any atom is -0.462 e. The fourth-order valence-corrected chi connectivity index (χ4v) is 3.34. The third-order valence-electron chi connectivity index (χ3n) is 4.47. The maximum absolute atomic E-state index is 12.5. The topological polar surface area (TPSA) is 104 Å². The van der Waals surface area contributed by atoms with Crippen molar-refractivity contribution in [3.63, 3.8) is 0 Å². The van der Waals surface area contributed by atoms with Gasteiger partial charge >= 0.3 is 5.97 Å². The minimum absolute atomic E-state index is 0.0909. The van der Waals surface area contributed by atoms with Crippen molar-refractivity contribution in [2.75, 3.05) is 13.2 Å². The maximum atomic E-state index is 12.5. The summed E-state index contributed by atoms with van der Waals surface area (Å²) in [5.74, 6) is -2.39. The molecule has 2 fully saturated rings. The van der Waals surface area contributed by atoms with E-state index in [0.29, 0.717) is 0 Å². The number of hydrogen-bond acceptors (Lipinski definition) is 6. The van der Waals surface area contributed by atoms with Gasteiger partial charge < -0.3 is 14.7 Å². The van der Waals surface area contributed by atoms with E-state index in [-0.39, 0.29) is 24.3 Å². The number of fused-ring (bicyclic) bond motifs is 2. The molecule has 4 rings (SSSR count). The molecule has 0 spiro atoms. The summed E-state index contributed by atoms with van der Waals surface area (Å²) in [7, 11) is 0. The molecule has 3 amide bonds. The Kier molecular flexibility index (Phi) is 2.79. The van der Waals surface area contributed by atoms with E-state index in [1.165, 1.54) is 17.0 Å². The first-order valence-corrected chi connectivity index (χ1v) is 7.13. The predicted octanol–water partition coefficient (Wildman–Crippen LogP) is -1.22. The van der Waals surface area contributed by atoms with Crippen LogP contribution in [0.25, 0.3) is 0 Å². The number of amides is 3. The molecule has 2 saturated heterocycles. The number of aliphatic hydroxyl groups is 1. The number of carbonyl (C=O) groups is 4. The normalized spacial score (nSPS) is 29.2. The first-order chi connectivity index (χ1) is 11.1. The van der Waals surface area contributed by atoms with Crippen molar-refractivity contribution in [2.45, 2.75) is 18.1 Å². The van der Waals surface area contributed by atoms with Crippen LogP contribution in [0.4, 0.5) is 0 Å². The Bertz CT molecular complexity index is 725. The maximum Gasteiger partial charge on any atom is 0.331 e. The molecular formula is C15H12N2O6. The largest absolute Gasteiger partial charge is 0.462 e. The molecule has 3 atom stereocenters. The molecule has 8 heteroatoms. The molecule has 1 aromatic carbocycles. The highest BCUT2D eigenvalue weighted by Gasteiger charge is 2.63. The van der Waals surface area contributed by atoms with E-state index in [2.05, 4.69) is 0 Å². The van der Waals surface area contributed by atoms with Gasteiger partial charge in [0.25, 0.3) is 11.8 Å². The highest BCUT2D eigenvalue weighted by atomic mass is 16.5. The zero-order valence-corrected chi connectivity index (χ0v) is 11.8. The first kappa shape index (κ1) is 13.9. The third kappa shape index (κ3) is 1.63. The molecule has 8 nitrogen and oxygen atoms in total. The van der Waals surface area contributed by atoms with Crippen molar-refractivity contribution in [3.8, 4) is 0 Å². The summed E-state index contributed by atoms with van der Waals surface area (Å²) in [5, 5.41) is 9.28. The first-order valence-electron chi connectivity index (χ1n) is 7.13. The molecule has 3 heterocycles. The van der Waals surface area contributed by atoms with Crippen LogP contribution < -0.4 is 0 Å². The fraction of sp³-hybridized carbons (Fsp3) is 0.333. The highest BCUT2D eigenvalue weighted by Crippen LogP contribution is 2.36. The van der Waals surface area contributed by atoms with Gasteiger partial charge in [-0.05, 0) is 12.1 Å². The molecule has 1 aromatic rings. The summed E-state index contributed by atoms with van der Waals surface area (Å²) in [6, 6.07) is 3.37. The molecule has 0 aliphatic carbocycles. The van der Waals surface area contributed by atoms with E-state index in [9.17, 15) is 24.3 Å². The average Bonchev–Trinajstić information content (AvgIpc) is 2.81. The van der Waals surface area contributed by atoms with Gasteiger partial charge in [-0.25, -0.2) is 4.79 Å². The molecule has 0 bridgehead atoms. The van der Waals surface area contributed by atoms with E-state index in [4.69, 9.17) is 4.74 Å². The number of benzene rings is 1. The van der Waals surface area contributed by atoms with Gasteiger partial charge in [0.1, 0.15) is 6.61 Å². The summed E-state index contributed by atoms with van der Waals surface area (Å²) in [5.41, 5.74) is 0.429. The third-order valence-corrected chi connectivity index (χ3v) is 4.47. The number of nitrogens with zero attached hydrogens (tertiary/aromatic N) is 2. The van der Waals surface area contributed by atoms with Crippen LogP contribution in [-0.2, 0) is 14.3 Å². The van der Waals surface area contributed by atoms with Crippen molar-refractivity contribution >= 4 is 23.7 Å². The second-order valence-corrected chi connectivity index (χ2v) is 5.63. The number of ether oxygens (including phenoxy) is 1. The van der Waals surface area contributed by atoms with Crippen LogP contribution in [0.3, 0.4) is 0 Å². The van der Waals surface area contributed by atoms with Gasteiger partial charge in [-0.3, -0.25) is 19.3 Å². The van der Waals surface area contributed by atoms with Crippen LogP contribution in [-0.4, -0.2) is 69.9 Å². The Morgan fingerprint density at radius 1 is 1.04 bits per heavy atom. The van der Waals surface area contributed by atoms with Crippen LogP contribution in [0.15, 0.2) is 24.3 Å². The Morgan fingerprint density at radius 2 is 1.65 bits per heavy atom. The smallest absolute Gasteiger partial charge is 0.331 e. The number of β-lactam (4-membered cyclic amide) rings is 1. The lowest BCUT2D eigenvalue weighted by Gasteiger charge is -2.53. The molecule has 0 radical (unpaired) electrons. The summed E-state index contributed by atoms with van der Waals surface area (Å²) in [6.45, 7) is -0.448. The Morgan fingerprint density at radius 3 is 2.22 bits per heavy atom. The lowest BCUT2D eigenvalue weighted by Crippen LogP contribution is -2.79. The van der Waals surface area contributed by atoms with E-state index in [0.717, 1.165) is 4.90 Å². The fourth-order valence-electron chi connectivity index (χ4n) is 3.34. The van der Waals surface area contributed by atoms with Gasteiger partial charge in [0.05, 0.1) is 23.8 Å². The van der Waals surface area contributed by atoms with Crippen molar-refractivity contribution < 1.29 is 29.0 Å². The SMILES string of the molecule is O=C1OC[C@H](CO)N2C(=O)[C@@H](N3C(=O)c4ccccc4C3=O)[C@@H]12. The van der Waals surface area contributed by atoms with Crippen molar-refractivity contribution in [2.24, 2.45) is 0 Å². The molecule has 0 aromatic heterocycles. The van der Waals surface area contributed by atoms with Crippen molar-refractivity contribution in [1.29, 1.82) is 0 Å². The summed E-state index contributed by atoms with van der Waals surface area (Å²) in [6.07, 6.45) is 0. The van der Waals surface area contributed by atoms with Crippen LogP contribution in [0, 0.1) is 0 Å². The van der Waals surface area contributed by atoms with Gasteiger partial charge in [-0.15, -0.1) is 0 Å². The van der Waals surface area contributed by atoms with E-state index < -0.39 is 41.8 Å². The second kappa shape index (κ2) is 4.63. The van der Waals surface area contributed by atoms with Crippen molar-refractivity contribution in [1.82, 2.24) is 9.80 Å². The van der Waals surface area contributed by atoms with Crippen LogP contribution >= 0.6 is 0 Å². The molecular weight excluding hydrogens is 304 g/mol. The lowest BCUT2D eigenvalue weighted by atomic mass is 9.89. The quantitative estimate of drug-likeness (QED) is 0.417. The van der Waals surface area contributed by atoms with Crippen LogP contribution in [0.5, 0.6) is 0 Å². The van der Waals surface area contributed by atoms with Gasteiger partial charge in [0, 0.05) is 0 Å². The summed E-state index contributed by atoms with van der Waals surface area (Å²) in [4.78, 5) is 51.3. The monoisotopic (exact) mass is 316 g/mol. The van der Waals surface area contributed by atoms with Gasteiger partial charge in [0.2, 0.25) is 5.91 Å². The summed E-state index contributed by atoms with van der Waals surface area (Å²) < 4.78 is 4.96. The van der Waals surface area contributed by atoms with Crippen LogP contribution in [0.1, 0.15) is 20.7 Å². The number of esters is 1. The Labute approximate surface area is 130 Å². The molecule has 0 unspecified atom stereocenters.